The highest BCUT2D eigenvalue weighted by Crippen LogP contribution is 2.38. The second kappa shape index (κ2) is 4.14. The molecule has 0 aliphatic carbocycles. The zero-order valence-corrected chi connectivity index (χ0v) is 9.64. The van der Waals surface area contributed by atoms with Crippen LogP contribution in [0.4, 0.5) is 0 Å². The second-order valence-corrected chi connectivity index (χ2v) is 4.45. The van der Waals surface area contributed by atoms with Crippen LogP contribution in [0.3, 0.4) is 0 Å². The van der Waals surface area contributed by atoms with Gasteiger partial charge in [-0.3, -0.25) is 0 Å². The Kier molecular flexibility index (Phi) is 2.83. The van der Waals surface area contributed by atoms with Crippen LogP contribution in [-0.4, -0.2) is 18.7 Å². The fourth-order valence-electron chi connectivity index (χ4n) is 1.46. The predicted octanol–water partition coefficient (Wildman–Crippen LogP) is 2.30. The molecule has 2 radical (unpaired) electrons. The number of rotatable bonds is 2. The minimum atomic E-state index is 0.183. The number of nitrogens with one attached hydrogen (secondary N) is 1. The molecule has 0 amide bonds. The lowest BCUT2D eigenvalue weighted by atomic mass is 9.95. The van der Waals surface area contributed by atoms with Crippen molar-refractivity contribution in [3.63, 3.8) is 0 Å². The first-order valence-corrected chi connectivity index (χ1v) is 5.69. The smallest absolute Gasteiger partial charge is 0.143 e. The van der Waals surface area contributed by atoms with E-state index < -0.39 is 0 Å². The third-order valence-corrected chi connectivity index (χ3v) is 3.36. The van der Waals surface area contributed by atoms with E-state index in [1.54, 1.807) is 24.4 Å². The summed E-state index contributed by atoms with van der Waals surface area (Å²) in [4.78, 5) is 0.779. The Morgan fingerprint density at radius 2 is 1.94 bits per heavy atom. The van der Waals surface area contributed by atoms with Crippen molar-refractivity contribution in [1.29, 1.82) is 5.41 Å². The predicted molar refractivity (Wildman–Crippen MR) is 69.3 cm³/mol. The summed E-state index contributed by atoms with van der Waals surface area (Å²) in [5, 5.41) is 19.3. The van der Waals surface area contributed by atoms with Crippen LogP contribution < -0.4 is 5.46 Å². The van der Waals surface area contributed by atoms with Crippen molar-refractivity contribution in [1.82, 2.24) is 0 Å². The normalized spacial score (nSPS) is 10.3. The molecule has 0 bridgehead atoms. The van der Waals surface area contributed by atoms with E-state index in [0.717, 1.165) is 10.4 Å². The number of hydrogen-bond acceptors (Lipinski definition) is 3. The van der Waals surface area contributed by atoms with Gasteiger partial charge in [0, 0.05) is 16.7 Å². The van der Waals surface area contributed by atoms with E-state index in [-0.39, 0.29) is 5.75 Å². The molecular formula is C12H10BNOS. The van der Waals surface area contributed by atoms with Crippen molar-refractivity contribution in [2.75, 3.05) is 0 Å². The summed E-state index contributed by atoms with van der Waals surface area (Å²) < 4.78 is 0. The molecule has 16 heavy (non-hydrogen) atoms. The van der Waals surface area contributed by atoms with Gasteiger partial charge in [-0.25, -0.2) is 0 Å². The van der Waals surface area contributed by atoms with Crippen LogP contribution in [0, 0.1) is 5.41 Å². The van der Waals surface area contributed by atoms with Crippen LogP contribution in [0.5, 0.6) is 5.75 Å². The summed E-state index contributed by atoms with van der Waals surface area (Å²) in [6.07, 6.45) is 0. The third kappa shape index (κ3) is 1.88. The Morgan fingerprint density at radius 3 is 2.44 bits per heavy atom. The molecule has 2 N–H and O–H groups in total. The molecule has 0 spiro atoms. The average Bonchev–Trinajstić information content (AvgIpc) is 2.61. The molecule has 0 fully saturated rings. The number of benzene rings is 1. The van der Waals surface area contributed by atoms with Gasteiger partial charge in [0.25, 0.3) is 0 Å². The van der Waals surface area contributed by atoms with Gasteiger partial charge < -0.3 is 10.5 Å². The summed E-state index contributed by atoms with van der Waals surface area (Å²) in [5.74, 6) is 0.183. The minimum Gasteiger partial charge on any atom is -0.506 e. The Hall–Kier alpha value is -1.55. The van der Waals surface area contributed by atoms with Crippen LogP contribution >= 0.6 is 11.3 Å². The van der Waals surface area contributed by atoms with Gasteiger partial charge in [-0.1, -0.05) is 29.7 Å². The maximum Gasteiger partial charge on any atom is 0.143 e. The van der Waals surface area contributed by atoms with Crippen LogP contribution in [0.25, 0.3) is 10.4 Å². The Bertz CT molecular complexity index is 530. The summed E-state index contributed by atoms with van der Waals surface area (Å²) in [7, 11) is 5.60. The number of thiophene rings is 1. The van der Waals surface area contributed by atoms with E-state index in [2.05, 4.69) is 0 Å². The van der Waals surface area contributed by atoms with Crippen molar-refractivity contribution in [3.05, 3.63) is 35.2 Å². The van der Waals surface area contributed by atoms with Gasteiger partial charge in [0.1, 0.15) is 13.6 Å². The van der Waals surface area contributed by atoms with Gasteiger partial charge in [-0.2, -0.15) is 0 Å². The van der Waals surface area contributed by atoms with E-state index >= 15 is 0 Å². The highest BCUT2D eigenvalue weighted by molar-refractivity contribution is 7.14. The minimum absolute atomic E-state index is 0.183. The van der Waals surface area contributed by atoms with Crippen molar-refractivity contribution < 1.29 is 5.11 Å². The average molecular weight is 227 g/mol. The number of hydrogen-bond donors (Lipinski definition) is 2. The lowest BCUT2D eigenvalue weighted by molar-refractivity contribution is 0.478. The fourth-order valence-corrected chi connectivity index (χ4v) is 2.47. The maximum atomic E-state index is 9.96. The zero-order valence-electron chi connectivity index (χ0n) is 8.82. The van der Waals surface area contributed by atoms with Gasteiger partial charge in [-0.05, 0) is 12.5 Å². The molecule has 1 aromatic heterocycles. The summed E-state index contributed by atoms with van der Waals surface area (Å²) in [6.45, 7) is 1.66. The first kappa shape index (κ1) is 11.0. The fraction of sp³-hybridized carbons (Fsp3) is 0.0833. The first-order valence-electron chi connectivity index (χ1n) is 4.81. The maximum absolute atomic E-state index is 9.96. The molecule has 0 unspecified atom stereocenters. The molecular weight excluding hydrogens is 217 g/mol. The molecule has 0 saturated carbocycles. The quantitative estimate of drug-likeness (QED) is 0.600. The second-order valence-electron chi connectivity index (χ2n) is 3.57. The molecule has 1 aromatic carbocycles. The highest BCUT2D eigenvalue weighted by atomic mass is 32.1. The molecule has 4 heteroatoms. The molecule has 0 aliphatic heterocycles. The lowest BCUT2D eigenvalue weighted by Gasteiger charge is -2.01. The molecule has 0 saturated heterocycles. The van der Waals surface area contributed by atoms with E-state index in [4.69, 9.17) is 13.3 Å². The largest absolute Gasteiger partial charge is 0.506 e. The van der Waals surface area contributed by atoms with Crippen molar-refractivity contribution in [2.24, 2.45) is 0 Å². The number of aromatic hydroxyl groups is 1. The third-order valence-electron chi connectivity index (χ3n) is 2.34. The van der Waals surface area contributed by atoms with Crippen LogP contribution in [0.2, 0.25) is 0 Å². The van der Waals surface area contributed by atoms with Crippen LogP contribution in [0.1, 0.15) is 12.5 Å². The van der Waals surface area contributed by atoms with Gasteiger partial charge in [0.15, 0.2) is 0 Å². The Morgan fingerprint density at radius 1 is 1.31 bits per heavy atom. The Balaban J connectivity index is 2.49. The molecule has 2 aromatic rings. The van der Waals surface area contributed by atoms with E-state index in [0.29, 0.717) is 16.7 Å². The lowest BCUT2D eigenvalue weighted by Crippen LogP contribution is -1.98. The summed E-state index contributed by atoms with van der Waals surface area (Å²) >= 11 is 1.43. The van der Waals surface area contributed by atoms with Crippen LogP contribution in [0.15, 0.2) is 29.6 Å². The van der Waals surface area contributed by atoms with E-state index in [9.17, 15) is 5.11 Å². The van der Waals surface area contributed by atoms with Crippen molar-refractivity contribution in [2.45, 2.75) is 6.92 Å². The van der Waals surface area contributed by atoms with Gasteiger partial charge in [0.05, 0.1) is 4.88 Å². The molecule has 2 rings (SSSR count). The van der Waals surface area contributed by atoms with Crippen LogP contribution in [-0.2, 0) is 0 Å². The van der Waals surface area contributed by atoms with E-state index in [1.807, 2.05) is 12.1 Å². The molecule has 78 valence electrons. The SMILES string of the molecule is [B]c1ccc(-c2scc(C(C)=N)c2O)cc1. The molecule has 1 heterocycles. The van der Waals surface area contributed by atoms with E-state index in [1.165, 1.54) is 11.3 Å². The molecule has 2 nitrogen and oxygen atoms in total. The summed E-state index contributed by atoms with van der Waals surface area (Å²) in [6, 6.07) is 7.32. The standard InChI is InChI=1S/C12H10BNOS/c1-7(14)10-6-16-12(11(10)15)8-2-4-9(13)5-3-8/h2-6,14-15H,1H3. The van der Waals surface area contributed by atoms with Gasteiger partial charge in [0.2, 0.25) is 0 Å². The van der Waals surface area contributed by atoms with Crippen molar-refractivity contribution in [3.8, 4) is 16.2 Å². The first-order chi connectivity index (χ1) is 7.59. The monoisotopic (exact) mass is 227 g/mol. The molecule has 0 aliphatic rings. The Labute approximate surface area is 99.5 Å². The highest BCUT2D eigenvalue weighted by Gasteiger charge is 2.13. The zero-order chi connectivity index (χ0) is 11.7. The van der Waals surface area contributed by atoms with Crippen molar-refractivity contribution >= 4 is 30.4 Å². The topological polar surface area (TPSA) is 44.1 Å². The summed E-state index contributed by atoms with van der Waals surface area (Å²) in [5.41, 5.74) is 2.58. The molecule has 0 atom stereocenters. The van der Waals surface area contributed by atoms with Gasteiger partial charge in [-0.15, -0.1) is 11.3 Å². The van der Waals surface area contributed by atoms with Gasteiger partial charge >= 0.3 is 0 Å².